The first-order valence-electron chi connectivity index (χ1n) is 16.4. The lowest BCUT2D eigenvalue weighted by Crippen LogP contribution is -2.14. The molecule has 278 valence electrons. The minimum Gasteiger partial charge on any atom is -0.462 e. The molecule has 0 atom stereocenters. The topological polar surface area (TPSA) is 125 Å². The molecule has 0 saturated carbocycles. The van der Waals surface area contributed by atoms with Crippen LogP contribution in [0.25, 0.3) is 33.4 Å². The van der Waals surface area contributed by atoms with Gasteiger partial charge in [-0.15, -0.1) is 0 Å². The molecule has 11 nitrogen and oxygen atoms in total. The zero-order valence-electron chi connectivity index (χ0n) is 30.2. The Kier molecular flexibility index (Phi) is 15.3. The predicted molar refractivity (Wildman–Crippen MR) is 203 cm³/mol. The summed E-state index contributed by atoms with van der Waals surface area (Å²) in [5, 5.41) is 0. The van der Waals surface area contributed by atoms with E-state index in [9.17, 15) is 14.4 Å². The van der Waals surface area contributed by atoms with Crippen molar-refractivity contribution < 1.29 is 52.3 Å². The number of ether oxygens (including phenoxy) is 8. The van der Waals surface area contributed by atoms with Crippen LogP contribution in [0.15, 0.2) is 152 Å². The summed E-state index contributed by atoms with van der Waals surface area (Å²) in [6.45, 7) is 11.1. The van der Waals surface area contributed by atoms with Crippen molar-refractivity contribution in [1.29, 1.82) is 0 Å². The monoisotopic (exact) mass is 732 g/mol. The van der Waals surface area contributed by atoms with Crippen molar-refractivity contribution in [3.05, 3.63) is 152 Å². The van der Waals surface area contributed by atoms with E-state index in [-0.39, 0.29) is 36.5 Å². The van der Waals surface area contributed by atoms with Crippen LogP contribution in [0.2, 0.25) is 0 Å². The van der Waals surface area contributed by atoms with Crippen LogP contribution in [0, 0.1) is 0 Å². The third-order valence-corrected chi connectivity index (χ3v) is 7.45. The fourth-order valence-electron chi connectivity index (χ4n) is 4.75. The van der Waals surface area contributed by atoms with Crippen LogP contribution in [0.5, 0.6) is 17.2 Å². The zero-order chi connectivity index (χ0) is 38.9. The molecule has 0 bridgehead atoms. The highest BCUT2D eigenvalue weighted by atomic mass is 16.6. The minimum absolute atomic E-state index is 0.0260. The predicted octanol–water partition coefficient (Wildman–Crippen LogP) is 7.99. The first-order chi connectivity index (χ1) is 26.1. The molecule has 0 aromatic heterocycles. The van der Waals surface area contributed by atoms with Gasteiger partial charge in [-0.25, -0.2) is 14.4 Å². The van der Waals surface area contributed by atoms with Gasteiger partial charge >= 0.3 is 17.9 Å². The quantitative estimate of drug-likeness (QED) is 0.0403. The summed E-state index contributed by atoms with van der Waals surface area (Å²) in [7, 11) is 4.39. The van der Waals surface area contributed by atoms with Gasteiger partial charge in [0.15, 0.2) is 0 Å². The third-order valence-electron chi connectivity index (χ3n) is 7.45. The molecule has 0 aliphatic carbocycles. The van der Waals surface area contributed by atoms with E-state index in [1.165, 1.54) is 33.9 Å². The van der Waals surface area contributed by atoms with E-state index in [0.717, 1.165) is 40.3 Å². The van der Waals surface area contributed by atoms with Gasteiger partial charge in [-0.05, 0) is 58.1 Å². The fraction of sp³-hybridized carbons (Fsp3) is 0.140. The number of rotatable bonds is 19. The Hall–Kier alpha value is -6.53. The zero-order valence-corrected chi connectivity index (χ0v) is 30.2. The van der Waals surface area contributed by atoms with Gasteiger partial charge in [0.05, 0.1) is 36.5 Å². The molecule has 4 aromatic rings. The van der Waals surface area contributed by atoms with Crippen molar-refractivity contribution in [2.75, 3.05) is 41.2 Å². The van der Waals surface area contributed by atoms with Crippen LogP contribution >= 0.6 is 0 Å². The van der Waals surface area contributed by atoms with Crippen LogP contribution in [-0.2, 0) is 38.1 Å². The summed E-state index contributed by atoms with van der Waals surface area (Å²) in [5.41, 5.74) is 5.56. The Morgan fingerprint density at radius 1 is 0.481 bits per heavy atom. The maximum absolute atomic E-state index is 12.9. The first-order valence-corrected chi connectivity index (χ1v) is 16.4. The average Bonchev–Trinajstić information content (AvgIpc) is 3.18. The largest absolute Gasteiger partial charge is 0.462 e. The van der Waals surface area contributed by atoms with E-state index in [0.29, 0.717) is 22.8 Å². The van der Waals surface area contributed by atoms with Crippen molar-refractivity contribution in [2.24, 2.45) is 0 Å². The molecule has 54 heavy (non-hydrogen) atoms. The highest BCUT2D eigenvalue weighted by molar-refractivity contribution is 5.92. The van der Waals surface area contributed by atoms with Gasteiger partial charge in [-0.3, -0.25) is 0 Å². The lowest BCUT2D eigenvalue weighted by Gasteiger charge is -2.14. The molecule has 4 rings (SSSR count). The number of carbonyl (C=O) groups excluding carboxylic acids is 3. The second-order valence-corrected chi connectivity index (χ2v) is 11.4. The molecule has 0 fully saturated rings. The van der Waals surface area contributed by atoms with Crippen LogP contribution in [0.4, 0.5) is 0 Å². The Morgan fingerprint density at radius 2 is 0.852 bits per heavy atom. The molecule has 0 radical (unpaired) electrons. The third kappa shape index (κ3) is 11.8. The molecule has 4 aromatic carbocycles. The van der Waals surface area contributed by atoms with Gasteiger partial charge in [0.25, 0.3) is 0 Å². The van der Waals surface area contributed by atoms with E-state index >= 15 is 0 Å². The second kappa shape index (κ2) is 20.5. The van der Waals surface area contributed by atoms with E-state index in [4.69, 9.17) is 37.9 Å². The average molecular weight is 733 g/mol. The van der Waals surface area contributed by atoms with Crippen LogP contribution in [0.3, 0.4) is 0 Å². The van der Waals surface area contributed by atoms with Crippen molar-refractivity contribution in [1.82, 2.24) is 0 Å². The number of hydrogen-bond donors (Lipinski definition) is 0. The molecule has 0 aliphatic rings. The summed E-state index contributed by atoms with van der Waals surface area (Å²) in [6, 6.07) is 28.0. The molecule has 0 spiro atoms. The molecular weight excluding hydrogens is 692 g/mol. The molecular formula is C43H40O11. The summed E-state index contributed by atoms with van der Waals surface area (Å²) in [6.07, 6.45) is 4.77. The molecule has 11 heteroatoms. The maximum Gasteiger partial charge on any atom is 0.341 e. The maximum atomic E-state index is 12.9. The Balaban J connectivity index is 1.47. The number of methoxy groups -OCH3 is 3. The molecule has 0 saturated heterocycles. The van der Waals surface area contributed by atoms with Gasteiger partial charge in [0, 0.05) is 26.9 Å². The number of carbonyl (C=O) groups is 3. The van der Waals surface area contributed by atoms with Crippen molar-refractivity contribution in [3.63, 3.8) is 0 Å². The Morgan fingerprint density at radius 3 is 1.30 bits per heavy atom. The molecule has 0 aliphatic heterocycles. The van der Waals surface area contributed by atoms with Crippen LogP contribution in [0.1, 0.15) is 0 Å². The van der Waals surface area contributed by atoms with Gasteiger partial charge in [0.1, 0.15) is 42.3 Å². The smallest absolute Gasteiger partial charge is 0.341 e. The van der Waals surface area contributed by atoms with E-state index in [2.05, 4.69) is 19.7 Å². The normalized spacial score (nSPS) is 10.9. The minimum atomic E-state index is -0.620. The van der Waals surface area contributed by atoms with Crippen molar-refractivity contribution in [2.45, 2.75) is 0 Å². The summed E-state index contributed by atoms with van der Waals surface area (Å²) < 4.78 is 41.6. The van der Waals surface area contributed by atoms with Crippen molar-refractivity contribution in [3.8, 4) is 50.6 Å². The Labute approximate surface area is 313 Å². The lowest BCUT2D eigenvalue weighted by atomic mass is 9.97. The molecule has 0 heterocycles. The standard InChI is InChI=1S/C43H40O11/c1-29(26-47-4)41(44)52-23-21-50-37-16-11-33(12-17-37)32-7-9-35(10-8-32)39-20-15-36(25-40(39)54-43(46)31(3)28-49-6)34-13-18-38(19-14-34)51-22-24-53-42(45)30(2)27-48-5/h7-25H,1-3,26-28H2,4-6H3/b23-21-,24-22-. The lowest BCUT2D eigenvalue weighted by molar-refractivity contribution is -0.135. The Bertz CT molecular complexity index is 2010. The van der Waals surface area contributed by atoms with Gasteiger partial charge < -0.3 is 37.9 Å². The summed E-state index contributed by atoms with van der Waals surface area (Å²) in [5.74, 6) is -0.452. The van der Waals surface area contributed by atoms with Crippen LogP contribution < -0.4 is 14.2 Å². The van der Waals surface area contributed by atoms with Crippen LogP contribution in [-0.4, -0.2) is 59.1 Å². The SMILES string of the molecule is C=C(COC)C(=O)O/C=C\Oc1ccc(-c2ccc(-c3ccc(-c4ccc(O/C=C\OC(=O)C(=C)COC)cc4)cc3OC(=O)C(=C)COC)cc2)cc1. The number of hydrogen-bond acceptors (Lipinski definition) is 11. The molecule has 0 amide bonds. The van der Waals surface area contributed by atoms with Gasteiger partial charge in [-0.2, -0.15) is 0 Å². The van der Waals surface area contributed by atoms with Gasteiger partial charge in [-0.1, -0.05) is 80.4 Å². The molecule has 0 N–H and O–H groups in total. The number of esters is 3. The first kappa shape index (κ1) is 40.2. The van der Waals surface area contributed by atoms with Crippen molar-refractivity contribution >= 4 is 17.9 Å². The van der Waals surface area contributed by atoms with E-state index in [1.54, 1.807) is 30.3 Å². The van der Waals surface area contributed by atoms with E-state index in [1.807, 2.05) is 60.7 Å². The molecule has 0 unspecified atom stereocenters. The number of benzene rings is 4. The van der Waals surface area contributed by atoms with E-state index < -0.39 is 17.9 Å². The fourth-order valence-corrected chi connectivity index (χ4v) is 4.75. The second-order valence-electron chi connectivity index (χ2n) is 11.4. The van der Waals surface area contributed by atoms with Gasteiger partial charge in [0.2, 0.25) is 0 Å². The summed E-state index contributed by atoms with van der Waals surface area (Å²) in [4.78, 5) is 36.5. The highest BCUT2D eigenvalue weighted by Gasteiger charge is 2.16. The highest BCUT2D eigenvalue weighted by Crippen LogP contribution is 2.36. The summed E-state index contributed by atoms with van der Waals surface area (Å²) >= 11 is 0.